The van der Waals surface area contributed by atoms with Crippen LogP contribution in [0.2, 0.25) is 0 Å². The van der Waals surface area contributed by atoms with Gasteiger partial charge in [0, 0.05) is 22.9 Å². The molecule has 0 spiro atoms. The molecule has 6 heteroatoms. The van der Waals surface area contributed by atoms with Crippen molar-refractivity contribution in [2.75, 3.05) is 0 Å². The van der Waals surface area contributed by atoms with Gasteiger partial charge in [-0.1, -0.05) is 32.4 Å². The predicted octanol–water partition coefficient (Wildman–Crippen LogP) is 1.72. The molecule has 2 atom stereocenters. The zero-order valence-electron chi connectivity index (χ0n) is 13.2. The third kappa shape index (κ3) is 5.99. The standard InChI is InChI=1S/C16H25N3O2S/c1-3-6-11(15(18)20)9-12(4-2)19-16(21)14(17)10-13-7-5-8-22-13/h5,7-9,12,14H,3-4,6,10,17H2,1-2H3,(H2,18,20)(H,19,21)/b11-9+/t12?,14-/m0/s1. The van der Waals surface area contributed by atoms with Gasteiger partial charge in [-0.3, -0.25) is 9.59 Å². The van der Waals surface area contributed by atoms with Crippen LogP contribution in [0.25, 0.3) is 0 Å². The molecule has 0 saturated carbocycles. The van der Waals surface area contributed by atoms with E-state index in [1.165, 1.54) is 0 Å². The second-order valence-electron chi connectivity index (χ2n) is 5.22. The van der Waals surface area contributed by atoms with Crippen LogP contribution in [0, 0.1) is 0 Å². The van der Waals surface area contributed by atoms with E-state index in [0.29, 0.717) is 24.8 Å². The monoisotopic (exact) mass is 323 g/mol. The number of thiophene rings is 1. The topological polar surface area (TPSA) is 98.2 Å². The molecular weight excluding hydrogens is 298 g/mol. The highest BCUT2D eigenvalue weighted by Crippen LogP contribution is 2.11. The maximum atomic E-state index is 12.2. The van der Waals surface area contributed by atoms with E-state index in [1.807, 2.05) is 31.4 Å². The molecule has 1 rings (SSSR count). The van der Waals surface area contributed by atoms with Gasteiger partial charge in [0.15, 0.2) is 0 Å². The molecule has 0 radical (unpaired) electrons. The molecule has 1 aromatic rings. The molecule has 0 aliphatic rings. The fraction of sp³-hybridized carbons (Fsp3) is 0.500. The Kier molecular flexibility index (Phi) is 7.84. The van der Waals surface area contributed by atoms with E-state index >= 15 is 0 Å². The first kappa shape index (κ1) is 18.4. The second kappa shape index (κ2) is 9.38. The van der Waals surface area contributed by atoms with Crippen molar-refractivity contribution in [1.29, 1.82) is 0 Å². The Morgan fingerprint density at radius 1 is 1.41 bits per heavy atom. The minimum absolute atomic E-state index is 0.211. The quantitative estimate of drug-likeness (QED) is 0.603. The third-order valence-corrected chi connectivity index (χ3v) is 4.24. The number of primary amides is 1. The zero-order valence-corrected chi connectivity index (χ0v) is 14.0. The Hall–Kier alpha value is -1.66. The van der Waals surface area contributed by atoms with Crippen LogP contribution in [-0.4, -0.2) is 23.9 Å². The summed E-state index contributed by atoms with van der Waals surface area (Å²) in [5.74, 6) is -0.644. The Labute approximate surface area is 135 Å². The van der Waals surface area contributed by atoms with Gasteiger partial charge in [-0.2, -0.15) is 0 Å². The summed E-state index contributed by atoms with van der Waals surface area (Å²) >= 11 is 1.58. The first-order valence-corrected chi connectivity index (χ1v) is 8.44. The molecular formula is C16H25N3O2S. The molecule has 22 heavy (non-hydrogen) atoms. The van der Waals surface area contributed by atoms with E-state index in [2.05, 4.69) is 5.32 Å². The number of carbonyl (C=O) groups is 2. The van der Waals surface area contributed by atoms with Gasteiger partial charge in [-0.05, 0) is 24.3 Å². The maximum absolute atomic E-state index is 12.2. The SMILES string of the molecule is CCC/C(=C\C(CC)NC(=O)[C@@H](N)Cc1cccs1)C(N)=O. The Morgan fingerprint density at radius 2 is 2.14 bits per heavy atom. The van der Waals surface area contributed by atoms with Crippen molar-refractivity contribution in [2.45, 2.75) is 51.6 Å². The Morgan fingerprint density at radius 3 is 2.64 bits per heavy atom. The van der Waals surface area contributed by atoms with Gasteiger partial charge in [0.1, 0.15) is 0 Å². The van der Waals surface area contributed by atoms with Gasteiger partial charge in [-0.15, -0.1) is 11.3 Å². The van der Waals surface area contributed by atoms with Crippen LogP contribution in [-0.2, 0) is 16.0 Å². The molecule has 0 fully saturated rings. The number of hydrogen-bond donors (Lipinski definition) is 3. The van der Waals surface area contributed by atoms with Crippen molar-refractivity contribution in [3.8, 4) is 0 Å². The number of carbonyl (C=O) groups excluding carboxylic acids is 2. The molecule has 5 nitrogen and oxygen atoms in total. The molecule has 0 aliphatic carbocycles. The number of hydrogen-bond acceptors (Lipinski definition) is 4. The number of rotatable bonds is 9. The highest BCUT2D eigenvalue weighted by Gasteiger charge is 2.18. The highest BCUT2D eigenvalue weighted by molar-refractivity contribution is 7.09. The summed E-state index contributed by atoms with van der Waals surface area (Å²) in [7, 11) is 0. The number of nitrogens with one attached hydrogen (secondary N) is 1. The second-order valence-corrected chi connectivity index (χ2v) is 6.25. The summed E-state index contributed by atoms with van der Waals surface area (Å²) in [6.07, 6.45) is 4.39. The number of amides is 2. The molecule has 2 amide bonds. The first-order valence-electron chi connectivity index (χ1n) is 7.56. The summed E-state index contributed by atoms with van der Waals surface area (Å²) in [5, 5.41) is 4.84. The van der Waals surface area contributed by atoms with E-state index in [9.17, 15) is 9.59 Å². The average Bonchev–Trinajstić information content (AvgIpc) is 2.98. The van der Waals surface area contributed by atoms with Gasteiger partial charge in [0.2, 0.25) is 11.8 Å². The zero-order chi connectivity index (χ0) is 16.5. The summed E-state index contributed by atoms with van der Waals surface area (Å²) in [4.78, 5) is 24.6. The van der Waals surface area contributed by atoms with Crippen molar-refractivity contribution in [2.24, 2.45) is 11.5 Å². The van der Waals surface area contributed by atoms with Crippen molar-refractivity contribution >= 4 is 23.2 Å². The van der Waals surface area contributed by atoms with Crippen molar-refractivity contribution < 1.29 is 9.59 Å². The van der Waals surface area contributed by atoms with Crippen LogP contribution in [0.15, 0.2) is 29.2 Å². The van der Waals surface area contributed by atoms with Crippen LogP contribution in [0.4, 0.5) is 0 Å². The van der Waals surface area contributed by atoms with E-state index in [-0.39, 0.29) is 11.9 Å². The Balaban J connectivity index is 2.65. The molecule has 0 aromatic carbocycles. The fourth-order valence-corrected chi connectivity index (χ4v) is 2.86. The number of nitrogens with two attached hydrogens (primary N) is 2. The lowest BCUT2D eigenvalue weighted by Gasteiger charge is -2.18. The lowest BCUT2D eigenvalue weighted by molar-refractivity contribution is -0.122. The van der Waals surface area contributed by atoms with Crippen LogP contribution >= 0.6 is 11.3 Å². The van der Waals surface area contributed by atoms with Crippen LogP contribution < -0.4 is 16.8 Å². The van der Waals surface area contributed by atoms with Crippen LogP contribution in [0.5, 0.6) is 0 Å². The summed E-state index contributed by atoms with van der Waals surface area (Å²) in [5.41, 5.74) is 11.9. The molecule has 0 aliphatic heterocycles. The summed E-state index contributed by atoms with van der Waals surface area (Å²) < 4.78 is 0. The third-order valence-electron chi connectivity index (χ3n) is 3.34. The normalized spacial score (nSPS) is 14.4. The van der Waals surface area contributed by atoms with E-state index < -0.39 is 11.9 Å². The maximum Gasteiger partial charge on any atom is 0.244 e. The Bertz CT molecular complexity index is 511. The molecule has 122 valence electrons. The first-order chi connectivity index (χ1) is 10.5. The van der Waals surface area contributed by atoms with Gasteiger partial charge in [0.25, 0.3) is 0 Å². The summed E-state index contributed by atoms with van der Waals surface area (Å²) in [6.45, 7) is 3.92. The van der Waals surface area contributed by atoms with Gasteiger partial charge >= 0.3 is 0 Å². The molecule has 1 aromatic heterocycles. The molecule has 1 unspecified atom stereocenters. The van der Waals surface area contributed by atoms with E-state index in [1.54, 1.807) is 17.4 Å². The lowest BCUT2D eigenvalue weighted by atomic mass is 10.0. The minimum Gasteiger partial charge on any atom is -0.366 e. The van der Waals surface area contributed by atoms with Gasteiger partial charge in [-0.25, -0.2) is 0 Å². The molecule has 1 heterocycles. The van der Waals surface area contributed by atoms with Crippen molar-refractivity contribution in [3.05, 3.63) is 34.0 Å². The van der Waals surface area contributed by atoms with Gasteiger partial charge in [0.05, 0.1) is 6.04 Å². The highest BCUT2D eigenvalue weighted by atomic mass is 32.1. The lowest BCUT2D eigenvalue weighted by Crippen LogP contribution is -2.45. The van der Waals surface area contributed by atoms with Crippen molar-refractivity contribution in [1.82, 2.24) is 5.32 Å². The minimum atomic E-state index is -0.593. The molecule has 5 N–H and O–H groups in total. The fourth-order valence-electron chi connectivity index (χ4n) is 2.09. The van der Waals surface area contributed by atoms with E-state index in [0.717, 1.165) is 11.3 Å². The summed E-state index contributed by atoms with van der Waals surface area (Å²) in [6, 6.07) is 3.08. The average molecular weight is 323 g/mol. The largest absolute Gasteiger partial charge is 0.366 e. The van der Waals surface area contributed by atoms with Gasteiger partial charge < -0.3 is 16.8 Å². The molecule has 0 saturated heterocycles. The predicted molar refractivity (Wildman–Crippen MR) is 90.4 cm³/mol. The van der Waals surface area contributed by atoms with Crippen LogP contribution in [0.3, 0.4) is 0 Å². The van der Waals surface area contributed by atoms with Crippen molar-refractivity contribution in [3.63, 3.8) is 0 Å². The smallest absolute Gasteiger partial charge is 0.244 e. The molecule has 0 bridgehead atoms. The van der Waals surface area contributed by atoms with E-state index in [4.69, 9.17) is 11.5 Å². The van der Waals surface area contributed by atoms with Crippen LogP contribution in [0.1, 0.15) is 38.0 Å².